The molecule has 2 bridgehead atoms. The van der Waals surface area contributed by atoms with Crippen molar-refractivity contribution in [1.82, 2.24) is 5.32 Å². The van der Waals surface area contributed by atoms with Crippen LogP contribution in [0.4, 0.5) is 0 Å². The molecule has 3 aliphatic rings. The minimum atomic E-state index is -0.459. The molecule has 3 aliphatic carbocycles. The Hall–Kier alpha value is -0.770. The van der Waals surface area contributed by atoms with Gasteiger partial charge in [-0.05, 0) is 67.2 Å². The van der Waals surface area contributed by atoms with Gasteiger partial charge in [0.1, 0.15) is 18.5 Å². The molecule has 1 aromatic rings. The highest BCUT2D eigenvalue weighted by atomic mass is 35.5. The van der Waals surface area contributed by atoms with Gasteiger partial charge in [0.25, 0.3) is 0 Å². The Balaban J connectivity index is 1.19. The van der Waals surface area contributed by atoms with Gasteiger partial charge in [-0.1, -0.05) is 11.6 Å². The topological polar surface area (TPSA) is 41.5 Å². The number of aliphatic hydroxyl groups excluding tert-OH is 1. The van der Waals surface area contributed by atoms with Crippen molar-refractivity contribution in [2.45, 2.75) is 31.4 Å². The third-order valence-corrected chi connectivity index (χ3v) is 5.83. The number of rotatable bonds is 6. The average Bonchev–Trinajstić information content (AvgIpc) is 2.87. The maximum absolute atomic E-state index is 10.0. The van der Waals surface area contributed by atoms with Gasteiger partial charge >= 0.3 is 0 Å². The predicted molar refractivity (Wildman–Crippen MR) is 82.6 cm³/mol. The van der Waals surface area contributed by atoms with Crippen LogP contribution in [0.15, 0.2) is 24.3 Å². The molecule has 3 nitrogen and oxygen atoms in total. The lowest BCUT2D eigenvalue weighted by atomic mass is 10.0. The van der Waals surface area contributed by atoms with Crippen molar-refractivity contribution >= 4 is 11.6 Å². The number of fused-ring (bicyclic) bond motifs is 5. The predicted octanol–water partition coefficient (Wildman–Crippen LogP) is 2.71. The van der Waals surface area contributed by atoms with E-state index in [1.54, 1.807) is 12.1 Å². The van der Waals surface area contributed by atoms with E-state index in [4.69, 9.17) is 16.3 Å². The molecule has 0 saturated heterocycles. The Morgan fingerprint density at radius 1 is 1.19 bits per heavy atom. The second kappa shape index (κ2) is 5.45. The molecule has 3 saturated carbocycles. The van der Waals surface area contributed by atoms with Crippen LogP contribution in [0.3, 0.4) is 0 Å². The lowest BCUT2D eigenvalue weighted by molar-refractivity contribution is 0.105. The van der Waals surface area contributed by atoms with Crippen LogP contribution in [0.1, 0.15) is 19.3 Å². The first-order valence-electron chi connectivity index (χ1n) is 8.02. The van der Waals surface area contributed by atoms with Crippen molar-refractivity contribution in [3.63, 3.8) is 0 Å². The molecule has 0 aromatic heterocycles. The molecule has 5 unspecified atom stereocenters. The van der Waals surface area contributed by atoms with E-state index in [0.717, 1.165) is 29.4 Å². The van der Waals surface area contributed by atoms with Crippen molar-refractivity contribution in [2.75, 3.05) is 13.2 Å². The number of aliphatic hydroxyl groups is 1. The lowest BCUT2D eigenvalue weighted by Crippen LogP contribution is -2.34. The zero-order valence-electron chi connectivity index (χ0n) is 12.0. The Morgan fingerprint density at radius 3 is 2.52 bits per heavy atom. The van der Waals surface area contributed by atoms with E-state index in [-0.39, 0.29) is 0 Å². The van der Waals surface area contributed by atoms with Crippen LogP contribution >= 0.6 is 11.6 Å². The molecule has 0 radical (unpaired) electrons. The van der Waals surface area contributed by atoms with E-state index >= 15 is 0 Å². The molecule has 5 atom stereocenters. The third-order valence-electron chi connectivity index (χ3n) is 5.58. The SMILES string of the molecule is OC(CNC1C2C3CCC(C3)C12)COc1ccc(Cl)cc1. The van der Waals surface area contributed by atoms with E-state index in [1.165, 1.54) is 19.3 Å². The molecule has 114 valence electrons. The Bertz CT molecular complexity index is 490. The second-order valence-corrected chi connectivity index (χ2v) is 7.28. The summed E-state index contributed by atoms with van der Waals surface area (Å²) in [7, 11) is 0. The number of hydrogen-bond acceptors (Lipinski definition) is 3. The molecule has 0 amide bonds. The van der Waals surface area contributed by atoms with Gasteiger partial charge in [-0.25, -0.2) is 0 Å². The highest BCUT2D eigenvalue weighted by molar-refractivity contribution is 6.30. The first kappa shape index (κ1) is 13.9. The third kappa shape index (κ3) is 2.67. The molecule has 21 heavy (non-hydrogen) atoms. The van der Waals surface area contributed by atoms with Crippen molar-refractivity contribution < 1.29 is 9.84 Å². The van der Waals surface area contributed by atoms with E-state index in [1.807, 2.05) is 12.1 Å². The first-order chi connectivity index (χ1) is 10.2. The van der Waals surface area contributed by atoms with Crippen LogP contribution in [0.5, 0.6) is 5.75 Å². The van der Waals surface area contributed by atoms with Crippen LogP contribution in [0, 0.1) is 23.7 Å². The second-order valence-electron chi connectivity index (χ2n) is 6.84. The van der Waals surface area contributed by atoms with Crippen LogP contribution in [-0.2, 0) is 0 Å². The molecule has 2 N–H and O–H groups in total. The van der Waals surface area contributed by atoms with Gasteiger partial charge in [0.15, 0.2) is 0 Å². The Morgan fingerprint density at radius 2 is 1.86 bits per heavy atom. The Kier molecular flexibility index (Phi) is 3.60. The van der Waals surface area contributed by atoms with E-state index in [0.29, 0.717) is 24.2 Å². The molecule has 3 fully saturated rings. The first-order valence-corrected chi connectivity index (χ1v) is 8.40. The normalized spacial score (nSPS) is 37.3. The van der Waals surface area contributed by atoms with Gasteiger partial charge in [0, 0.05) is 17.6 Å². The number of benzene rings is 1. The monoisotopic (exact) mass is 307 g/mol. The minimum Gasteiger partial charge on any atom is -0.491 e. The maximum Gasteiger partial charge on any atom is 0.119 e. The van der Waals surface area contributed by atoms with Crippen molar-refractivity contribution in [1.29, 1.82) is 0 Å². The smallest absolute Gasteiger partial charge is 0.119 e. The largest absolute Gasteiger partial charge is 0.491 e. The molecule has 0 heterocycles. The van der Waals surface area contributed by atoms with Crippen LogP contribution in [-0.4, -0.2) is 30.4 Å². The van der Waals surface area contributed by atoms with E-state index < -0.39 is 6.10 Å². The van der Waals surface area contributed by atoms with Crippen LogP contribution < -0.4 is 10.1 Å². The summed E-state index contributed by atoms with van der Waals surface area (Å²) in [4.78, 5) is 0. The zero-order chi connectivity index (χ0) is 14.4. The van der Waals surface area contributed by atoms with Gasteiger partial charge in [-0.3, -0.25) is 0 Å². The zero-order valence-corrected chi connectivity index (χ0v) is 12.8. The highest BCUT2D eigenvalue weighted by Crippen LogP contribution is 2.65. The minimum absolute atomic E-state index is 0.323. The van der Waals surface area contributed by atoms with Gasteiger partial charge in [-0.2, -0.15) is 0 Å². The molecule has 0 spiro atoms. The summed E-state index contributed by atoms with van der Waals surface area (Å²) in [6, 6.07) is 7.91. The molecular formula is C17H22ClNO2. The van der Waals surface area contributed by atoms with Gasteiger partial charge in [-0.15, -0.1) is 0 Å². The van der Waals surface area contributed by atoms with Crippen molar-refractivity contribution in [3.05, 3.63) is 29.3 Å². The lowest BCUT2D eigenvalue weighted by Gasteiger charge is -2.15. The summed E-state index contributed by atoms with van der Waals surface area (Å²) in [6.07, 6.45) is 3.88. The number of nitrogens with one attached hydrogen (secondary N) is 1. The average molecular weight is 308 g/mol. The summed E-state index contributed by atoms with van der Waals surface area (Å²) in [6.45, 7) is 0.953. The number of halogens is 1. The fraction of sp³-hybridized carbons (Fsp3) is 0.647. The summed E-state index contributed by atoms with van der Waals surface area (Å²) in [5, 5.41) is 14.3. The number of hydrogen-bond donors (Lipinski definition) is 2. The van der Waals surface area contributed by atoms with Gasteiger partial charge < -0.3 is 15.2 Å². The fourth-order valence-electron chi connectivity index (χ4n) is 4.65. The van der Waals surface area contributed by atoms with E-state index in [2.05, 4.69) is 5.32 Å². The molecular weight excluding hydrogens is 286 g/mol. The number of ether oxygens (including phenoxy) is 1. The van der Waals surface area contributed by atoms with Crippen LogP contribution in [0.25, 0.3) is 0 Å². The molecule has 4 rings (SSSR count). The summed E-state index contributed by atoms with van der Waals surface area (Å²) in [5.74, 6) is 4.51. The summed E-state index contributed by atoms with van der Waals surface area (Å²) in [5.41, 5.74) is 0. The van der Waals surface area contributed by atoms with Crippen molar-refractivity contribution in [3.8, 4) is 5.75 Å². The van der Waals surface area contributed by atoms with Gasteiger partial charge in [0.2, 0.25) is 0 Å². The quantitative estimate of drug-likeness (QED) is 0.849. The molecule has 1 aromatic carbocycles. The van der Waals surface area contributed by atoms with Crippen molar-refractivity contribution in [2.24, 2.45) is 23.7 Å². The molecule has 0 aliphatic heterocycles. The van der Waals surface area contributed by atoms with Gasteiger partial charge in [0.05, 0.1) is 0 Å². The highest BCUT2D eigenvalue weighted by Gasteiger charge is 2.64. The summed E-state index contributed by atoms with van der Waals surface area (Å²) >= 11 is 5.83. The fourth-order valence-corrected chi connectivity index (χ4v) is 4.78. The Labute approximate surface area is 130 Å². The molecule has 4 heteroatoms. The summed E-state index contributed by atoms with van der Waals surface area (Å²) < 4.78 is 5.58. The van der Waals surface area contributed by atoms with Crippen LogP contribution in [0.2, 0.25) is 5.02 Å². The maximum atomic E-state index is 10.0. The van der Waals surface area contributed by atoms with E-state index in [9.17, 15) is 5.11 Å². The standard InChI is InChI=1S/C17H22ClNO2/c18-12-3-5-14(6-4-12)21-9-13(20)8-19-17-15-10-1-2-11(7-10)16(15)17/h3-6,10-11,13,15-17,19-20H,1-2,7-9H2.